The minimum atomic E-state index is -0.128. The van der Waals surface area contributed by atoms with Gasteiger partial charge < -0.3 is 10.1 Å². The Kier molecular flexibility index (Phi) is 6.15. The lowest BCUT2D eigenvalue weighted by Crippen LogP contribution is -2.41. The molecular formula is C17H27FN2O. The lowest BCUT2D eigenvalue weighted by Gasteiger charge is -2.31. The van der Waals surface area contributed by atoms with Gasteiger partial charge in [-0.2, -0.15) is 0 Å². The molecule has 118 valence electrons. The molecule has 21 heavy (non-hydrogen) atoms. The van der Waals surface area contributed by atoms with Crippen molar-refractivity contribution in [1.82, 2.24) is 10.2 Å². The van der Waals surface area contributed by atoms with E-state index in [0.29, 0.717) is 12.1 Å². The molecule has 1 fully saturated rings. The fourth-order valence-electron chi connectivity index (χ4n) is 2.82. The van der Waals surface area contributed by atoms with E-state index in [-0.39, 0.29) is 11.9 Å². The first-order valence-electron chi connectivity index (χ1n) is 7.88. The lowest BCUT2D eigenvalue weighted by molar-refractivity contribution is 0.106. The number of likely N-dealkylation sites (N-methyl/N-ethyl adjacent to an activating group) is 1. The standard InChI is InChI=1S/C17H27FN2O/c1-13(11-19-12-15-7-6-10-21-15)20(3)14(2)16-8-4-5-9-17(16)18/h4-5,8-9,13-15,19H,6-7,10-12H2,1-3H3. The van der Waals surface area contributed by atoms with E-state index in [2.05, 4.69) is 31.1 Å². The van der Waals surface area contributed by atoms with Gasteiger partial charge in [-0.25, -0.2) is 4.39 Å². The molecule has 0 spiro atoms. The van der Waals surface area contributed by atoms with Gasteiger partial charge in [0, 0.05) is 37.3 Å². The van der Waals surface area contributed by atoms with Crippen LogP contribution in [0.4, 0.5) is 4.39 Å². The Morgan fingerprint density at radius 2 is 2.14 bits per heavy atom. The Bertz CT molecular complexity index is 435. The summed E-state index contributed by atoms with van der Waals surface area (Å²) in [5.41, 5.74) is 0.756. The average molecular weight is 294 g/mol. The van der Waals surface area contributed by atoms with Crippen molar-refractivity contribution in [2.24, 2.45) is 0 Å². The van der Waals surface area contributed by atoms with Gasteiger partial charge in [0.15, 0.2) is 0 Å². The highest BCUT2D eigenvalue weighted by atomic mass is 19.1. The molecule has 0 saturated carbocycles. The van der Waals surface area contributed by atoms with Gasteiger partial charge in [-0.05, 0) is 39.8 Å². The van der Waals surface area contributed by atoms with E-state index in [1.54, 1.807) is 6.07 Å². The second-order valence-corrected chi connectivity index (χ2v) is 6.01. The summed E-state index contributed by atoms with van der Waals surface area (Å²) >= 11 is 0. The van der Waals surface area contributed by atoms with Crippen LogP contribution in [0.1, 0.15) is 38.3 Å². The van der Waals surface area contributed by atoms with Crippen LogP contribution in [0.3, 0.4) is 0 Å². The molecule has 3 nitrogen and oxygen atoms in total. The molecule has 1 aliphatic heterocycles. The van der Waals surface area contributed by atoms with Gasteiger partial charge in [0.05, 0.1) is 6.10 Å². The summed E-state index contributed by atoms with van der Waals surface area (Å²) in [6, 6.07) is 7.41. The van der Waals surface area contributed by atoms with Gasteiger partial charge in [0.1, 0.15) is 5.82 Å². The first-order valence-corrected chi connectivity index (χ1v) is 7.88. The van der Waals surface area contributed by atoms with Crippen molar-refractivity contribution in [2.45, 2.75) is 44.9 Å². The number of hydrogen-bond acceptors (Lipinski definition) is 3. The van der Waals surface area contributed by atoms with Gasteiger partial charge >= 0.3 is 0 Å². The van der Waals surface area contributed by atoms with Crippen molar-refractivity contribution in [3.8, 4) is 0 Å². The van der Waals surface area contributed by atoms with E-state index in [0.717, 1.165) is 31.7 Å². The third-order valence-corrected chi connectivity index (χ3v) is 4.50. The monoisotopic (exact) mass is 294 g/mol. The number of nitrogens with zero attached hydrogens (tertiary/aromatic N) is 1. The smallest absolute Gasteiger partial charge is 0.127 e. The Balaban J connectivity index is 1.80. The third-order valence-electron chi connectivity index (χ3n) is 4.50. The van der Waals surface area contributed by atoms with Crippen molar-refractivity contribution in [2.75, 3.05) is 26.7 Å². The van der Waals surface area contributed by atoms with Gasteiger partial charge in [-0.3, -0.25) is 4.90 Å². The van der Waals surface area contributed by atoms with E-state index in [1.807, 2.05) is 12.1 Å². The molecule has 0 aliphatic carbocycles. The fraction of sp³-hybridized carbons (Fsp3) is 0.647. The molecule has 4 heteroatoms. The van der Waals surface area contributed by atoms with Crippen molar-refractivity contribution in [1.29, 1.82) is 0 Å². The van der Waals surface area contributed by atoms with E-state index in [9.17, 15) is 4.39 Å². The maximum Gasteiger partial charge on any atom is 0.127 e. The molecule has 1 heterocycles. The van der Waals surface area contributed by atoms with Crippen molar-refractivity contribution in [3.63, 3.8) is 0 Å². The zero-order valence-electron chi connectivity index (χ0n) is 13.3. The van der Waals surface area contributed by atoms with Crippen molar-refractivity contribution in [3.05, 3.63) is 35.6 Å². The minimum absolute atomic E-state index is 0.0609. The summed E-state index contributed by atoms with van der Waals surface area (Å²) < 4.78 is 19.5. The van der Waals surface area contributed by atoms with E-state index in [4.69, 9.17) is 4.74 Å². The van der Waals surface area contributed by atoms with Crippen LogP contribution >= 0.6 is 0 Å². The molecule has 1 aliphatic rings. The molecule has 1 saturated heterocycles. The average Bonchev–Trinajstić information content (AvgIpc) is 2.99. The van der Waals surface area contributed by atoms with Crippen molar-refractivity contribution >= 4 is 0 Å². The van der Waals surface area contributed by atoms with Crippen LogP contribution in [0.5, 0.6) is 0 Å². The fourth-order valence-corrected chi connectivity index (χ4v) is 2.82. The zero-order chi connectivity index (χ0) is 15.2. The number of hydrogen-bond donors (Lipinski definition) is 1. The molecule has 1 N–H and O–H groups in total. The van der Waals surface area contributed by atoms with Crippen LogP contribution in [-0.2, 0) is 4.74 Å². The number of halogens is 1. The summed E-state index contributed by atoms with van der Waals surface area (Å²) in [6.07, 6.45) is 2.70. The highest BCUT2D eigenvalue weighted by molar-refractivity contribution is 5.20. The summed E-state index contributed by atoms with van der Waals surface area (Å²) in [5, 5.41) is 3.47. The first-order chi connectivity index (χ1) is 10.1. The molecule has 0 aromatic heterocycles. The predicted molar refractivity (Wildman–Crippen MR) is 83.9 cm³/mol. The molecule has 3 unspecified atom stereocenters. The largest absolute Gasteiger partial charge is 0.377 e. The molecule has 0 bridgehead atoms. The summed E-state index contributed by atoms with van der Waals surface area (Å²) in [6.45, 7) is 6.91. The first kappa shape index (κ1) is 16.4. The second-order valence-electron chi connectivity index (χ2n) is 6.01. The zero-order valence-corrected chi connectivity index (χ0v) is 13.3. The topological polar surface area (TPSA) is 24.5 Å². The highest BCUT2D eigenvalue weighted by Crippen LogP contribution is 2.23. The van der Waals surface area contributed by atoms with Crippen LogP contribution < -0.4 is 5.32 Å². The SMILES string of the molecule is CC(CNCC1CCCO1)N(C)C(C)c1ccccc1F. The Hall–Kier alpha value is -0.970. The van der Waals surface area contributed by atoms with Crippen molar-refractivity contribution < 1.29 is 9.13 Å². The maximum absolute atomic E-state index is 13.9. The van der Waals surface area contributed by atoms with Crippen LogP contribution in [-0.4, -0.2) is 43.8 Å². The van der Waals surface area contributed by atoms with Crippen LogP contribution in [0.15, 0.2) is 24.3 Å². The number of rotatable bonds is 7. The molecule has 1 aromatic rings. The van der Waals surface area contributed by atoms with E-state index >= 15 is 0 Å². The molecule has 2 rings (SSSR count). The summed E-state index contributed by atoms with van der Waals surface area (Å²) in [5.74, 6) is -0.128. The molecule has 0 amide bonds. The predicted octanol–water partition coefficient (Wildman–Crippen LogP) is 2.98. The van der Waals surface area contributed by atoms with Crippen LogP contribution in [0.2, 0.25) is 0 Å². The Labute approximate surface area is 127 Å². The maximum atomic E-state index is 13.9. The molecular weight excluding hydrogens is 267 g/mol. The van der Waals surface area contributed by atoms with Crippen LogP contribution in [0.25, 0.3) is 0 Å². The van der Waals surface area contributed by atoms with Crippen LogP contribution in [0, 0.1) is 5.82 Å². The minimum Gasteiger partial charge on any atom is -0.377 e. The van der Waals surface area contributed by atoms with Gasteiger partial charge in [-0.1, -0.05) is 18.2 Å². The lowest BCUT2D eigenvalue weighted by atomic mass is 10.1. The molecule has 1 aromatic carbocycles. The van der Waals surface area contributed by atoms with E-state index < -0.39 is 0 Å². The highest BCUT2D eigenvalue weighted by Gasteiger charge is 2.20. The Morgan fingerprint density at radius 3 is 2.81 bits per heavy atom. The second kappa shape index (κ2) is 7.87. The number of ether oxygens (including phenoxy) is 1. The molecule has 3 atom stereocenters. The van der Waals surface area contributed by atoms with Gasteiger partial charge in [-0.15, -0.1) is 0 Å². The van der Waals surface area contributed by atoms with Gasteiger partial charge in [0.2, 0.25) is 0 Å². The van der Waals surface area contributed by atoms with Gasteiger partial charge in [0.25, 0.3) is 0 Å². The Morgan fingerprint density at radius 1 is 1.38 bits per heavy atom. The quantitative estimate of drug-likeness (QED) is 0.837. The summed E-state index contributed by atoms with van der Waals surface area (Å²) in [4.78, 5) is 2.21. The molecule has 0 radical (unpaired) electrons. The van der Waals surface area contributed by atoms with E-state index in [1.165, 1.54) is 12.5 Å². The normalized spacial score (nSPS) is 21.7. The number of benzene rings is 1. The number of nitrogens with one attached hydrogen (secondary N) is 1. The third kappa shape index (κ3) is 4.50. The summed E-state index contributed by atoms with van der Waals surface area (Å²) in [7, 11) is 2.05.